The normalized spacial score (nSPS) is 11.2. The van der Waals surface area contributed by atoms with E-state index in [0.717, 1.165) is 33.6 Å². The monoisotopic (exact) mass is 351 g/mol. The number of thioether (sulfide) groups is 1. The fourth-order valence-electron chi connectivity index (χ4n) is 2.87. The third-order valence-corrected chi connectivity index (χ3v) is 4.50. The standard InChI is InChI=1S/C18H17N5OS/c1-25-11-16-19-14-8-4-5-9-15(14)23(16)10-17(24)22-18-20-12-6-2-3-7-13(12)21-18/h2-9H,10-11H2,1H3,(H2,20,21,22,24). The fraction of sp³-hybridized carbons (Fsp3) is 0.167. The predicted octanol–water partition coefficient (Wildman–Crippen LogP) is 3.41. The van der Waals surface area contributed by atoms with Crippen molar-refractivity contribution in [2.45, 2.75) is 12.3 Å². The number of benzene rings is 2. The molecule has 0 atom stereocenters. The number of nitrogens with one attached hydrogen (secondary N) is 2. The number of aromatic nitrogens is 4. The molecule has 4 aromatic rings. The average Bonchev–Trinajstić information content (AvgIpc) is 3.16. The van der Waals surface area contributed by atoms with Crippen LogP contribution in [0.15, 0.2) is 48.5 Å². The molecule has 0 bridgehead atoms. The number of hydrogen-bond acceptors (Lipinski definition) is 4. The Morgan fingerprint density at radius 2 is 1.88 bits per heavy atom. The Labute approximate surface area is 148 Å². The van der Waals surface area contributed by atoms with E-state index < -0.39 is 0 Å². The molecule has 4 rings (SSSR count). The number of carbonyl (C=O) groups excluding carboxylic acids is 1. The first-order valence-corrected chi connectivity index (χ1v) is 9.31. The van der Waals surface area contributed by atoms with Gasteiger partial charge in [0.25, 0.3) is 0 Å². The van der Waals surface area contributed by atoms with Crippen LogP contribution in [0.2, 0.25) is 0 Å². The Kier molecular flexibility index (Phi) is 4.15. The molecule has 126 valence electrons. The van der Waals surface area contributed by atoms with E-state index in [1.807, 2.05) is 59.4 Å². The summed E-state index contributed by atoms with van der Waals surface area (Å²) in [5.74, 6) is 1.98. The van der Waals surface area contributed by atoms with E-state index in [0.29, 0.717) is 5.95 Å². The van der Waals surface area contributed by atoms with Gasteiger partial charge in [0, 0.05) is 0 Å². The number of hydrogen-bond donors (Lipinski definition) is 2. The van der Waals surface area contributed by atoms with E-state index in [4.69, 9.17) is 0 Å². The van der Waals surface area contributed by atoms with Crippen molar-refractivity contribution in [3.63, 3.8) is 0 Å². The first kappa shape index (κ1) is 15.7. The molecular weight excluding hydrogens is 334 g/mol. The fourth-order valence-corrected chi connectivity index (χ4v) is 3.35. The molecule has 0 saturated carbocycles. The van der Waals surface area contributed by atoms with Crippen LogP contribution in [0.1, 0.15) is 5.82 Å². The predicted molar refractivity (Wildman–Crippen MR) is 102 cm³/mol. The van der Waals surface area contributed by atoms with Crippen LogP contribution in [-0.2, 0) is 17.1 Å². The molecule has 0 saturated heterocycles. The molecule has 2 N–H and O–H groups in total. The Bertz CT molecular complexity index is 1020. The average molecular weight is 351 g/mol. The summed E-state index contributed by atoms with van der Waals surface area (Å²) in [5, 5.41) is 2.84. The Morgan fingerprint density at radius 1 is 1.12 bits per heavy atom. The summed E-state index contributed by atoms with van der Waals surface area (Å²) in [7, 11) is 0. The van der Waals surface area contributed by atoms with Gasteiger partial charge in [-0.1, -0.05) is 24.3 Å². The van der Waals surface area contributed by atoms with Crippen molar-refractivity contribution in [2.75, 3.05) is 11.6 Å². The molecular formula is C18H17N5OS. The molecule has 0 unspecified atom stereocenters. The third-order valence-electron chi connectivity index (χ3n) is 3.96. The minimum atomic E-state index is -0.135. The highest BCUT2D eigenvalue weighted by atomic mass is 32.2. The van der Waals surface area contributed by atoms with Crippen LogP contribution in [0.4, 0.5) is 5.95 Å². The van der Waals surface area contributed by atoms with Crippen molar-refractivity contribution < 1.29 is 4.79 Å². The van der Waals surface area contributed by atoms with Crippen LogP contribution in [-0.4, -0.2) is 31.7 Å². The van der Waals surface area contributed by atoms with Gasteiger partial charge in [0.2, 0.25) is 11.9 Å². The number of amides is 1. The van der Waals surface area contributed by atoms with Crippen molar-refractivity contribution in [1.82, 2.24) is 19.5 Å². The Balaban J connectivity index is 1.59. The summed E-state index contributed by atoms with van der Waals surface area (Å²) in [6.07, 6.45) is 2.03. The summed E-state index contributed by atoms with van der Waals surface area (Å²) in [4.78, 5) is 24.7. The highest BCUT2D eigenvalue weighted by Gasteiger charge is 2.14. The molecule has 0 aliphatic carbocycles. The van der Waals surface area contributed by atoms with Gasteiger partial charge in [0.1, 0.15) is 12.4 Å². The van der Waals surface area contributed by atoms with Crippen molar-refractivity contribution in [3.05, 3.63) is 54.4 Å². The lowest BCUT2D eigenvalue weighted by Gasteiger charge is -2.08. The summed E-state index contributed by atoms with van der Waals surface area (Å²) >= 11 is 1.68. The van der Waals surface area contributed by atoms with Crippen LogP contribution in [0.3, 0.4) is 0 Å². The van der Waals surface area contributed by atoms with Gasteiger partial charge in [-0.15, -0.1) is 0 Å². The second kappa shape index (κ2) is 6.60. The molecule has 2 aromatic heterocycles. The number of H-pyrrole nitrogens is 1. The summed E-state index contributed by atoms with van der Waals surface area (Å²) in [5.41, 5.74) is 3.59. The maximum Gasteiger partial charge on any atom is 0.246 e. The molecule has 6 nitrogen and oxygen atoms in total. The van der Waals surface area contributed by atoms with Gasteiger partial charge in [-0.25, -0.2) is 9.97 Å². The molecule has 25 heavy (non-hydrogen) atoms. The van der Waals surface area contributed by atoms with Gasteiger partial charge in [0.15, 0.2) is 0 Å². The first-order valence-electron chi connectivity index (χ1n) is 7.92. The second-order valence-electron chi connectivity index (χ2n) is 5.69. The van der Waals surface area contributed by atoms with Crippen LogP contribution >= 0.6 is 11.8 Å². The van der Waals surface area contributed by atoms with E-state index in [1.54, 1.807) is 11.8 Å². The zero-order chi connectivity index (χ0) is 17.2. The Morgan fingerprint density at radius 3 is 2.68 bits per heavy atom. The minimum Gasteiger partial charge on any atom is -0.324 e. The van der Waals surface area contributed by atoms with Gasteiger partial charge in [-0.3, -0.25) is 10.1 Å². The quantitative estimate of drug-likeness (QED) is 0.578. The molecule has 2 aromatic carbocycles. The number of nitrogens with zero attached hydrogens (tertiary/aromatic N) is 3. The molecule has 1 amide bonds. The minimum absolute atomic E-state index is 0.135. The summed E-state index contributed by atoms with van der Waals surface area (Å²) < 4.78 is 1.96. The van der Waals surface area contributed by atoms with Gasteiger partial charge in [-0.05, 0) is 30.5 Å². The largest absolute Gasteiger partial charge is 0.324 e. The second-order valence-corrected chi connectivity index (χ2v) is 6.55. The van der Waals surface area contributed by atoms with E-state index in [-0.39, 0.29) is 12.5 Å². The number of imidazole rings is 2. The lowest BCUT2D eigenvalue weighted by Crippen LogP contribution is -2.20. The number of fused-ring (bicyclic) bond motifs is 2. The molecule has 0 spiro atoms. The maximum atomic E-state index is 12.5. The summed E-state index contributed by atoms with van der Waals surface area (Å²) in [6, 6.07) is 15.5. The smallest absolute Gasteiger partial charge is 0.246 e. The topological polar surface area (TPSA) is 75.6 Å². The number of aromatic amines is 1. The maximum absolute atomic E-state index is 12.5. The first-order chi connectivity index (χ1) is 12.2. The number of carbonyl (C=O) groups is 1. The molecule has 0 radical (unpaired) electrons. The van der Waals surface area contributed by atoms with Gasteiger partial charge < -0.3 is 9.55 Å². The zero-order valence-corrected chi connectivity index (χ0v) is 14.5. The lowest BCUT2D eigenvalue weighted by molar-refractivity contribution is -0.116. The van der Waals surface area contributed by atoms with Crippen molar-refractivity contribution in [2.24, 2.45) is 0 Å². The van der Waals surface area contributed by atoms with Gasteiger partial charge >= 0.3 is 0 Å². The lowest BCUT2D eigenvalue weighted by atomic mass is 10.3. The van der Waals surface area contributed by atoms with Crippen molar-refractivity contribution >= 4 is 45.7 Å². The van der Waals surface area contributed by atoms with E-state index in [2.05, 4.69) is 20.3 Å². The van der Waals surface area contributed by atoms with Crippen LogP contribution < -0.4 is 5.32 Å². The molecule has 0 aliphatic heterocycles. The molecule has 7 heteroatoms. The molecule has 0 fully saturated rings. The van der Waals surface area contributed by atoms with E-state index in [9.17, 15) is 4.79 Å². The third kappa shape index (κ3) is 3.10. The zero-order valence-electron chi connectivity index (χ0n) is 13.7. The van der Waals surface area contributed by atoms with Crippen molar-refractivity contribution in [3.8, 4) is 0 Å². The summed E-state index contributed by atoms with van der Waals surface area (Å²) in [6.45, 7) is 0.202. The van der Waals surface area contributed by atoms with Gasteiger partial charge in [-0.2, -0.15) is 11.8 Å². The van der Waals surface area contributed by atoms with E-state index in [1.165, 1.54) is 0 Å². The van der Waals surface area contributed by atoms with Crippen LogP contribution in [0.25, 0.3) is 22.1 Å². The SMILES string of the molecule is CSCc1nc2ccccc2n1CC(=O)Nc1nc2ccccc2[nH]1. The molecule has 0 aliphatic rings. The highest BCUT2D eigenvalue weighted by molar-refractivity contribution is 7.97. The van der Waals surface area contributed by atoms with Gasteiger partial charge in [0.05, 0.1) is 27.8 Å². The number of rotatable bonds is 5. The molecule has 2 heterocycles. The number of para-hydroxylation sites is 4. The van der Waals surface area contributed by atoms with Crippen LogP contribution in [0.5, 0.6) is 0 Å². The number of anilines is 1. The highest BCUT2D eigenvalue weighted by Crippen LogP contribution is 2.19. The van der Waals surface area contributed by atoms with Crippen LogP contribution in [0, 0.1) is 0 Å². The van der Waals surface area contributed by atoms with Crippen molar-refractivity contribution in [1.29, 1.82) is 0 Å². The van der Waals surface area contributed by atoms with E-state index >= 15 is 0 Å². The Hall–Kier alpha value is -2.80.